The Morgan fingerprint density at radius 2 is 2.07 bits per heavy atom. The van der Waals surface area contributed by atoms with Crippen molar-refractivity contribution >= 4 is 23.5 Å². The van der Waals surface area contributed by atoms with Gasteiger partial charge in [0.25, 0.3) is 5.91 Å². The lowest BCUT2D eigenvalue weighted by atomic mass is 9.85. The van der Waals surface area contributed by atoms with E-state index < -0.39 is 5.97 Å². The van der Waals surface area contributed by atoms with Crippen LogP contribution in [-0.4, -0.2) is 56.8 Å². The number of hydrogen-bond donors (Lipinski definition) is 2. The number of aliphatic carboxylic acids is 1. The number of hydrogen-bond acceptors (Lipinski definition) is 4. The van der Waals surface area contributed by atoms with Crippen molar-refractivity contribution in [1.82, 2.24) is 20.0 Å². The Morgan fingerprint density at radius 3 is 2.70 bits per heavy atom. The summed E-state index contributed by atoms with van der Waals surface area (Å²) in [4.78, 5) is 25.6. The van der Waals surface area contributed by atoms with E-state index in [9.17, 15) is 9.59 Å². The fourth-order valence-electron chi connectivity index (χ4n) is 3.45. The summed E-state index contributed by atoms with van der Waals surface area (Å²) in [5, 5.41) is 16.9. The molecular weight excluding hydrogens is 368 g/mol. The maximum Gasteiger partial charge on any atom is 0.317 e. The summed E-state index contributed by atoms with van der Waals surface area (Å²) in [6.07, 6.45) is 3.18. The molecule has 1 aliphatic rings. The van der Waals surface area contributed by atoms with Gasteiger partial charge in [-0.05, 0) is 25.5 Å². The highest BCUT2D eigenvalue weighted by Gasteiger charge is 2.35. The Hall–Kier alpha value is -2.38. The Kier molecular flexibility index (Phi) is 5.82. The van der Waals surface area contributed by atoms with Gasteiger partial charge in [0.1, 0.15) is 5.69 Å². The molecule has 0 spiro atoms. The van der Waals surface area contributed by atoms with E-state index >= 15 is 0 Å². The minimum atomic E-state index is -0.830. The number of carboxylic acid groups (broad SMARTS) is 1. The second kappa shape index (κ2) is 8.10. The van der Waals surface area contributed by atoms with Crippen molar-refractivity contribution in [1.29, 1.82) is 0 Å². The van der Waals surface area contributed by atoms with Crippen LogP contribution < -0.4 is 5.32 Å². The molecule has 0 atom stereocenters. The van der Waals surface area contributed by atoms with Crippen molar-refractivity contribution in [3.8, 4) is 11.3 Å². The number of amides is 1. The summed E-state index contributed by atoms with van der Waals surface area (Å²) in [6.45, 7) is 2.65. The topological polar surface area (TPSA) is 87.5 Å². The molecule has 8 heteroatoms. The predicted molar refractivity (Wildman–Crippen MR) is 103 cm³/mol. The highest BCUT2D eigenvalue weighted by molar-refractivity contribution is 6.33. The van der Waals surface area contributed by atoms with Crippen LogP contribution in [0.4, 0.5) is 0 Å². The van der Waals surface area contributed by atoms with E-state index in [-0.39, 0.29) is 24.5 Å². The number of aromatic nitrogens is 2. The zero-order valence-corrected chi connectivity index (χ0v) is 16.1. The molecule has 0 radical (unpaired) electrons. The molecule has 2 N–H and O–H groups in total. The first-order valence-corrected chi connectivity index (χ1v) is 9.32. The number of rotatable bonds is 7. The van der Waals surface area contributed by atoms with Crippen LogP contribution >= 0.6 is 11.6 Å². The highest BCUT2D eigenvalue weighted by atomic mass is 35.5. The smallest absolute Gasteiger partial charge is 0.317 e. The van der Waals surface area contributed by atoms with Crippen molar-refractivity contribution in [2.45, 2.75) is 31.8 Å². The van der Waals surface area contributed by atoms with Gasteiger partial charge in [0, 0.05) is 30.9 Å². The summed E-state index contributed by atoms with van der Waals surface area (Å²) >= 11 is 6.27. The van der Waals surface area contributed by atoms with Crippen LogP contribution in [-0.2, 0) is 11.8 Å². The SMILES string of the molecule is CCN(CC(=O)O)C1CC(NC(=O)c2cn(C)nc2-c2ccccc2Cl)C1. The first kappa shape index (κ1) is 19.4. The molecule has 144 valence electrons. The van der Waals surface area contributed by atoms with Crippen LogP contribution in [0, 0.1) is 0 Å². The highest BCUT2D eigenvalue weighted by Crippen LogP contribution is 2.30. The van der Waals surface area contributed by atoms with Crippen molar-refractivity contribution in [3.05, 3.63) is 41.0 Å². The molecule has 1 saturated carbocycles. The fraction of sp³-hybridized carbons (Fsp3) is 0.421. The molecule has 1 aromatic carbocycles. The molecule has 0 bridgehead atoms. The van der Waals surface area contributed by atoms with Gasteiger partial charge < -0.3 is 10.4 Å². The largest absolute Gasteiger partial charge is 0.480 e. The molecule has 0 unspecified atom stereocenters. The second-order valence-corrected chi connectivity index (χ2v) is 7.20. The average molecular weight is 391 g/mol. The number of nitrogens with one attached hydrogen (secondary N) is 1. The zero-order chi connectivity index (χ0) is 19.6. The minimum Gasteiger partial charge on any atom is -0.480 e. The van der Waals surface area contributed by atoms with E-state index in [1.54, 1.807) is 24.0 Å². The first-order chi connectivity index (χ1) is 12.9. The third-order valence-electron chi connectivity index (χ3n) is 4.91. The van der Waals surface area contributed by atoms with Gasteiger partial charge in [-0.3, -0.25) is 19.2 Å². The molecule has 3 rings (SSSR count). The van der Waals surface area contributed by atoms with Gasteiger partial charge in [-0.15, -0.1) is 0 Å². The normalized spacial score (nSPS) is 19.0. The maximum absolute atomic E-state index is 12.8. The predicted octanol–water partition coefficient (Wildman–Crippen LogP) is 2.41. The summed E-state index contributed by atoms with van der Waals surface area (Å²) in [5.74, 6) is -1.02. The van der Waals surface area contributed by atoms with Crippen LogP contribution in [0.1, 0.15) is 30.1 Å². The van der Waals surface area contributed by atoms with Gasteiger partial charge in [0.15, 0.2) is 0 Å². The number of nitrogens with zero attached hydrogens (tertiary/aromatic N) is 3. The quantitative estimate of drug-likeness (QED) is 0.758. The van der Waals surface area contributed by atoms with E-state index in [2.05, 4.69) is 10.4 Å². The molecular formula is C19H23ClN4O3. The number of carbonyl (C=O) groups excluding carboxylic acids is 1. The first-order valence-electron chi connectivity index (χ1n) is 8.94. The van der Waals surface area contributed by atoms with E-state index in [1.807, 2.05) is 30.0 Å². The number of carbonyl (C=O) groups is 2. The average Bonchev–Trinajstić information content (AvgIpc) is 2.97. The molecule has 0 aliphatic heterocycles. The van der Waals surface area contributed by atoms with Crippen molar-refractivity contribution < 1.29 is 14.7 Å². The molecule has 7 nitrogen and oxygen atoms in total. The van der Waals surface area contributed by atoms with Gasteiger partial charge in [-0.1, -0.05) is 36.7 Å². The Morgan fingerprint density at radius 1 is 1.37 bits per heavy atom. The number of halogens is 1. The summed E-state index contributed by atoms with van der Waals surface area (Å²) < 4.78 is 1.60. The third-order valence-corrected chi connectivity index (χ3v) is 5.24. The molecule has 1 heterocycles. The van der Waals surface area contributed by atoms with Crippen LogP contribution in [0.2, 0.25) is 5.02 Å². The Labute approximate surface area is 162 Å². The van der Waals surface area contributed by atoms with Gasteiger partial charge in [0.2, 0.25) is 0 Å². The number of likely N-dealkylation sites (N-methyl/N-ethyl adjacent to an activating group) is 1. The minimum absolute atomic E-state index is 0.0289. The summed E-state index contributed by atoms with van der Waals surface area (Å²) in [5.41, 5.74) is 1.75. The molecule has 1 fully saturated rings. The van der Waals surface area contributed by atoms with Crippen LogP contribution in [0.5, 0.6) is 0 Å². The van der Waals surface area contributed by atoms with Crippen molar-refractivity contribution in [2.24, 2.45) is 7.05 Å². The molecule has 27 heavy (non-hydrogen) atoms. The lowest BCUT2D eigenvalue weighted by Gasteiger charge is -2.42. The standard InChI is InChI=1S/C19H23ClN4O3/c1-3-24(11-17(25)26)13-8-12(9-13)21-19(27)15-10-23(2)22-18(15)14-6-4-5-7-16(14)20/h4-7,10,12-13H,3,8-9,11H2,1-2H3,(H,21,27)(H,25,26). The number of benzene rings is 1. The molecule has 1 aromatic heterocycles. The van der Waals surface area contributed by atoms with Gasteiger partial charge in [0.05, 0.1) is 17.1 Å². The monoisotopic (exact) mass is 390 g/mol. The van der Waals surface area contributed by atoms with Crippen molar-refractivity contribution in [2.75, 3.05) is 13.1 Å². The van der Waals surface area contributed by atoms with Gasteiger partial charge in [-0.2, -0.15) is 5.10 Å². The lowest BCUT2D eigenvalue weighted by Crippen LogP contribution is -2.54. The van der Waals surface area contributed by atoms with Crippen LogP contribution in [0.3, 0.4) is 0 Å². The zero-order valence-electron chi connectivity index (χ0n) is 15.4. The lowest BCUT2D eigenvalue weighted by molar-refractivity contribution is -0.139. The van der Waals surface area contributed by atoms with E-state index in [1.165, 1.54) is 0 Å². The van der Waals surface area contributed by atoms with E-state index in [4.69, 9.17) is 16.7 Å². The second-order valence-electron chi connectivity index (χ2n) is 6.80. The van der Waals surface area contributed by atoms with Crippen molar-refractivity contribution in [3.63, 3.8) is 0 Å². The summed E-state index contributed by atoms with van der Waals surface area (Å²) in [6, 6.07) is 7.52. The third kappa shape index (κ3) is 4.31. The molecule has 1 amide bonds. The Balaban J connectivity index is 1.67. The Bertz CT molecular complexity index is 845. The molecule has 2 aromatic rings. The number of carboxylic acids is 1. The van der Waals surface area contributed by atoms with Gasteiger partial charge in [-0.25, -0.2) is 0 Å². The fourth-order valence-corrected chi connectivity index (χ4v) is 3.67. The van der Waals surface area contributed by atoms with Gasteiger partial charge >= 0.3 is 5.97 Å². The van der Waals surface area contributed by atoms with E-state index in [0.717, 1.165) is 18.4 Å². The summed E-state index contributed by atoms with van der Waals surface area (Å²) in [7, 11) is 1.77. The maximum atomic E-state index is 12.8. The molecule has 0 saturated heterocycles. The van der Waals surface area contributed by atoms with Crippen LogP contribution in [0.25, 0.3) is 11.3 Å². The van der Waals surface area contributed by atoms with E-state index in [0.29, 0.717) is 22.8 Å². The molecule has 1 aliphatic carbocycles. The van der Waals surface area contributed by atoms with Crippen LogP contribution in [0.15, 0.2) is 30.5 Å². The number of aryl methyl sites for hydroxylation is 1.